The second kappa shape index (κ2) is 9.49. The van der Waals surface area contributed by atoms with Crippen LogP contribution in [-0.2, 0) is 4.79 Å². The van der Waals surface area contributed by atoms with Crippen LogP contribution in [0.5, 0.6) is 5.75 Å². The molecule has 8 nitrogen and oxygen atoms in total. The summed E-state index contributed by atoms with van der Waals surface area (Å²) in [5, 5.41) is 23.3. The summed E-state index contributed by atoms with van der Waals surface area (Å²) in [6, 6.07) is 15.2. The summed E-state index contributed by atoms with van der Waals surface area (Å²) in [6.45, 7) is 3.69. The van der Waals surface area contributed by atoms with Crippen molar-refractivity contribution >= 4 is 39.3 Å². The number of nitro benzene ring substituents is 1. The van der Waals surface area contributed by atoms with Gasteiger partial charge in [-0.05, 0) is 61.9 Å². The van der Waals surface area contributed by atoms with Crippen LogP contribution in [0.2, 0.25) is 0 Å². The summed E-state index contributed by atoms with van der Waals surface area (Å²) < 4.78 is 8.10. The smallest absolute Gasteiger partial charge is 0.273 e. The number of methoxy groups -OCH3 is 1. The second-order valence-electron chi connectivity index (χ2n) is 6.91. The molecule has 0 aliphatic carbocycles. The van der Waals surface area contributed by atoms with Crippen LogP contribution in [0.25, 0.3) is 11.8 Å². The number of aryl methyl sites for hydroxylation is 1. The van der Waals surface area contributed by atoms with Gasteiger partial charge in [0.1, 0.15) is 17.4 Å². The normalized spacial score (nSPS) is 11.0. The minimum atomic E-state index is -0.521. The van der Waals surface area contributed by atoms with Crippen molar-refractivity contribution in [3.63, 3.8) is 0 Å². The molecule has 162 valence electrons. The largest absolute Gasteiger partial charge is 0.494 e. The molecule has 32 heavy (non-hydrogen) atoms. The number of nitriles is 1. The molecule has 3 aromatic rings. The highest BCUT2D eigenvalue weighted by molar-refractivity contribution is 9.10. The zero-order valence-electron chi connectivity index (χ0n) is 17.5. The molecule has 0 saturated carbocycles. The maximum atomic E-state index is 12.6. The highest BCUT2D eigenvalue weighted by Gasteiger charge is 2.18. The second-order valence-corrected chi connectivity index (χ2v) is 7.82. The van der Waals surface area contributed by atoms with Crippen LogP contribution in [0, 0.1) is 35.3 Å². The van der Waals surface area contributed by atoms with Crippen molar-refractivity contribution in [2.75, 3.05) is 12.4 Å². The third-order valence-electron chi connectivity index (χ3n) is 4.85. The Morgan fingerprint density at radius 2 is 1.91 bits per heavy atom. The fourth-order valence-electron chi connectivity index (χ4n) is 3.30. The van der Waals surface area contributed by atoms with Gasteiger partial charge in [0.05, 0.1) is 23.8 Å². The van der Waals surface area contributed by atoms with Gasteiger partial charge in [0.25, 0.3) is 11.6 Å². The van der Waals surface area contributed by atoms with Gasteiger partial charge in [0.2, 0.25) is 0 Å². The van der Waals surface area contributed by atoms with E-state index in [1.54, 1.807) is 30.3 Å². The lowest BCUT2D eigenvalue weighted by molar-refractivity contribution is -0.384. The Labute approximate surface area is 193 Å². The van der Waals surface area contributed by atoms with Gasteiger partial charge in [-0.25, -0.2) is 0 Å². The molecule has 0 bridgehead atoms. The van der Waals surface area contributed by atoms with Crippen LogP contribution in [0.15, 0.2) is 58.6 Å². The molecule has 0 fully saturated rings. The van der Waals surface area contributed by atoms with Crippen molar-refractivity contribution in [3.05, 3.63) is 85.6 Å². The molecule has 0 unspecified atom stereocenters. The molecule has 1 amide bonds. The summed E-state index contributed by atoms with van der Waals surface area (Å²) in [4.78, 5) is 23.2. The van der Waals surface area contributed by atoms with Gasteiger partial charge >= 0.3 is 0 Å². The number of nitrogens with one attached hydrogen (secondary N) is 1. The van der Waals surface area contributed by atoms with E-state index in [9.17, 15) is 20.2 Å². The summed E-state index contributed by atoms with van der Waals surface area (Å²) in [5.74, 6) is -0.183. The predicted molar refractivity (Wildman–Crippen MR) is 125 cm³/mol. The van der Waals surface area contributed by atoms with Gasteiger partial charge in [0.15, 0.2) is 0 Å². The van der Waals surface area contributed by atoms with Crippen LogP contribution in [0.4, 0.5) is 11.4 Å². The number of halogens is 1. The first-order valence-electron chi connectivity index (χ1n) is 9.45. The van der Waals surface area contributed by atoms with Crippen molar-refractivity contribution in [1.29, 1.82) is 5.26 Å². The van der Waals surface area contributed by atoms with Crippen LogP contribution in [0.3, 0.4) is 0 Å². The number of ether oxygens (including phenoxy) is 1. The zero-order valence-corrected chi connectivity index (χ0v) is 19.1. The molecule has 3 rings (SSSR count). The number of hydrogen-bond acceptors (Lipinski definition) is 5. The monoisotopic (exact) mass is 494 g/mol. The van der Waals surface area contributed by atoms with E-state index in [2.05, 4.69) is 21.2 Å². The van der Waals surface area contributed by atoms with Crippen molar-refractivity contribution in [3.8, 4) is 17.5 Å². The number of amides is 1. The summed E-state index contributed by atoms with van der Waals surface area (Å²) in [5.41, 5.74) is 3.29. The summed E-state index contributed by atoms with van der Waals surface area (Å²) >= 11 is 3.33. The lowest BCUT2D eigenvalue weighted by atomic mass is 10.1. The SMILES string of the molecule is COc1cc([N+](=O)[O-])ccc1-n1c(C)cc(/C=C(/C#N)C(=O)Nc2ccc(Br)cc2)c1C. The number of nitro groups is 1. The van der Waals surface area contributed by atoms with Crippen LogP contribution in [-0.4, -0.2) is 22.5 Å². The maximum absolute atomic E-state index is 12.6. The Hall–Kier alpha value is -3.90. The number of carbonyl (C=O) groups is 1. The lowest BCUT2D eigenvalue weighted by Crippen LogP contribution is -2.13. The Morgan fingerprint density at radius 3 is 2.50 bits per heavy atom. The van der Waals surface area contributed by atoms with Gasteiger partial charge in [-0.1, -0.05) is 15.9 Å². The van der Waals surface area contributed by atoms with E-state index < -0.39 is 10.8 Å². The average Bonchev–Trinajstić information content (AvgIpc) is 3.05. The molecular weight excluding hydrogens is 476 g/mol. The fraction of sp³-hybridized carbons (Fsp3) is 0.130. The molecule has 0 aliphatic rings. The van der Waals surface area contributed by atoms with E-state index in [-0.39, 0.29) is 11.3 Å². The number of rotatable bonds is 6. The summed E-state index contributed by atoms with van der Waals surface area (Å²) in [6.07, 6.45) is 1.52. The van der Waals surface area contributed by atoms with Gasteiger partial charge in [-0.15, -0.1) is 0 Å². The summed E-state index contributed by atoms with van der Waals surface area (Å²) in [7, 11) is 1.44. The number of non-ortho nitro benzene ring substituents is 1. The Kier molecular flexibility index (Phi) is 6.76. The fourth-order valence-corrected chi connectivity index (χ4v) is 3.57. The van der Waals surface area contributed by atoms with E-state index in [4.69, 9.17) is 4.74 Å². The molecule has 0 radical (unpaired) electrons. The van der Waals surface area contributed by atoms with Crippen LogP contribution in [0.1, 0.15) is 17.0 Å². The molecule has 1 N–H and O–H groups in total. The van der Waals surface area contributed by atoms with Crippen molar-refractivity contribution in [1.82, 2.24) is 4.57 Å². The Balaban J connectivity index is 1.98. The van der Waals surface area contributed by atoms with Gasteiger partial charge in [0, 0.05) is 27.6 Å². The third kappa shape index (κ3) is 4.71. The number of anilines is 1. The Morgan fingerprint density at radius 1 is 1.22 bits per heavy atom. The molecule has 0 spiro atoms. The third-order valence-corrected chi connectivity index (χ3v) is 5.38. The molecule has 0 saturated heterocycles. The van der Waals surface area contributed by atoms with Crippen LogP contribution >= 0.6 is 15.9 Å². The minimum Gasteiger partial charge on any atom is -0.494 e. The predicted octanol–water partition coefficient (Wildman–Crippen LogP) is 5.32. The highest BCUT2D eigenvalue weighted by Crippen LogP contribution is 2.32. The number of carbonyl (C=O) groups excluding carboxylic acids is 1. The first-order chi connectivity index (χ1) is 15.2. The minimum absolute atomic E-state index is 0.0520. The van der Waals surface area contributed by atoms with E-state index in [1.807, 2.05) is 30.6 Å². The zero-order chi connectivity index (χ0) is 23.4. The van der Waals surface area contributed by atoms with Crippen molar-refractivity contribution in [2.45, 2.75) is 13.8 Å². The van der Waals surface area contributed by atoms with E-state index in [0.717, 1.165) is 15.9 Å². The molecular formula is C23H19BrN4O4. The number of aromatic nitrogens is 1. The van der Waals surface area contributed by atoms with E-state index in [0.29, 0.717) is 22.7 Å². The number of nitrogens with zero attached hydrogens (tertiary/aromatic N) is 3. The Bertz CT molecular complexity index is 1270. The quantitative estimate of drug-likeness (QED) is 0.215. The lowest BCUT2D eigenvalue weighted by Gasteiger charge is -2.13. The van der Waals surface area contributed by atoms with Gasteiger partial charge in [-0.3, -0.25) is 14.9 Å². The van der Waals surface area contributed by atoms with Gasteiger partial charge < -0.3 is 14.6 Å². The molecule has 0 aliphatic heterocycles. The van der Waals surface area contributed by atoms with Gasteiger partial charge in [-0.2, -0.15) is 5.26 Å². The van der Waals surface area contributed by atoms with Crippen LogP contribution < -0.4 is 10.1 Å². The number of benzene rings is 2. The van der Waals surface area contributed by atoms with Crippen molar-refractivity contribution in [2.24, 2.45) is 0 Å². The molecule has 1 aromatic heterocycles. The topological polar surface area (TPSA) is 110 Å². The highest BCUT2D eigenvalue weighted by atomic mass is 79.9. The maximum Gasteiger partial charge on any atom is 0.273 e. The molecule has 2 aromatic carbocycles. The van der Waals surface area contributed by atoms with E-state index in [1.165, 1.54) is 25.3 Å². The first-order valence-corrected chi connectivity index (χ1v) is 10.2. The molecule has 0 atom stereocenters. The van der Waals surface area contributed by atoms with E-state index >= 15 is 0 Å². The van der Waals surface area contributed by atoms with Crippen molar-refractivity contribution < 1.29 is 14.5 Å². The first kappa shape index (κ1) is 22.8. The molecule has 1 heterocycles. The standard InChI is InChI=1S/C23H19BrN4O4/c1-14-10-16(11-17(13-25)23(29)26-19-6-4-18(24)5-7-19)15(2)27(14)21-9-8-20(28(30)31)12-22(21)32-3/h4-12H,1-3H3,(H,26,29)/b17-11-. The number of hydrogen-bond donors (Lipinski definition) is 1. The average molecular weight is 495 g/mol. The molecule has 9 heteroatoms.